The maximum Gasteiger partial charge on any atom is 0.0645 e. The van der Waals surface area contributed by atoms with Crippen molar-refractivity contribution in [2.45, 2.75) is 70.0 Å². The Labute approximate surface area is 123 Å². The third-order valence-electron chi connectivity index (χ3n) is 4.97. The highest BCUT2D eigenvalue weighted by Crippen LogP contribution is 2.27. The van der Waals surface area contributed by atoms with Gasteiger partial charge >= 0.3 is 0 Å². The molecular formula is C16H32N2O2. The minimum absolute atomic E-state index is 0.0579. The number of hydrogen-bond donors (Lipinski definition) is 2. The van der Waals surface area contributed by atoms with Gasteiger partial charge in [0.25, 0.3) is 0 Å². The summed E-state index contributed by atoms with van der Waals surface area (Å²) in [7, 11) is 0. The molecule has 2 aliphatic rings. The minimum Gasteiger partial charge on any atom is -0.394 e. The van der Waals surface area contributed by atoms with Crippen LogP contribution in [-0.2, 0) is 4.74 Å². The van der Waals surface area contributed by atoms with E-state index in [9.17, 15) is 5.11 Å². The molecule has 0 radical (unpaired) electrons. The highest BCUT2D eigenvalue weighted by Gasteiger charge is 2.35. The lowest BCUT2D eigenvalue weighted by molar-refractivity contribution is -0.0523. The predicted molar refractivity (Wildman–Crippen MR) is 82.0 cm³/mol. The third-order valence-corrected chi connectivity index (χ3v) is 4.97. The molecule has 1 aliphatic carbocycles. The van der Waals surface area contributed by atoms with Crippen LogP contribution in [0, 0.1) is 0 Å². The van der Waals surface area contributed by atoms with Crippen LogP contribution >= 0.6 is 0 Å². The molecule has 2 fully saturated rings. The van der Waals surface area contributed by atoms with Crippen LogP contribution in [0.5, 0.6) is 0 Å². The molecule has 2 N–H and O–H groups in total. The summed E-state index contributed by atoms with van der Waals surface area (Å²) in [6.07, 6.45) is 5.75. The molecule has 118 valence electrons. The second kappa shape index (κ2) is 6.73. The summed E-state index contributed by atoms with van der Waals surface area (Å²) in [6.45, 7) is 10.8. The van der Waals surface area contributed by atoms with Crippen molar-refractivity contribution in [2.75, 3.05) is 32.9 Å². The zero-order valence-electron chi connectivity index (χ0n) is 13.5. The van der Waals surface area contributed by atoms with Crippen molar-refractivity contribution in [1.82, 2.24) is 10.2 Å². The molecule has 0 aromatic rings. The maximum atomic E-state index is 9.80. The zero-order valence-corrected chi connectivity index (χ0v) is 13.5. The molecule has 1 atom stereocenters. The summed E-state index contributed by atoms with van der Waals surface area (Å²) < 4.78 is 5.57. The van der Waals surface area contributed by atoms with Crippen LogP contribution in [0.25, 0.3) is 0 Å². The first-order valence-electron chi connectivity index (χ1n) is 8.23. The van der Waals surface area contributed by atoms with Gasteiger partial charge in [-0.15, -0.1) is 0 Å². The van der Waals surface area contributed by atoms with Gasteiger partial charge < -0.3 is 15.2 Å². The van der Waals surface area contributed by atoms with Gasteiger partial charge in [-0.2, -0.15) is 0 Å². The maximum absolute atomic E-state index is 9.80. The number of aliphatic hydroxyl groups excluding tert-OH is 1. The van der Waals surface area contributed by atoms with E-state index in [0.29, 0.717) is 6.04 Å². The minimum atomic E-state index is -0.0579. The van der Waals surface area contributed by atoms with Crippen molar-refractivity contribution < 1.29 is 9.84 Å². The summed E-state index contributed by atoms with van der Waals surface area (Å²) in [5.74, 6) is 0. The fourth-order valence-electron chi connectivity index (χ4n) is 3.16. The summed E-state index contributed by atoms with van der Waals surface area (Å²) in [4.78, 5) is 2.53. The van der Waals surface area contributed by atoms with Gasteiger partial charge in [0.2, 0.25) is 0 Å². The Morgan fingerprint density at radius 2 is 2.15 bits per heavy atom. The number of aliphatic hydroxyl groups is 1. The average molecular weight is 284 g/mol. The number of ether oxygens (including phenoxy) is 1. The van der Waals surface area contributed by atoms with Gasteiger partial charge in [-0.05, 0) is 52.5 Å². The monoisotopic (exact) mass is 284 g/mol. The van der Waals surface area contributed by atoms with Gasteiger partial charge in [0, 0.05) is 23.7 Å². The third kappa shape index (κ3) is 4.17. The van der Waals surface area contributed by atoms with Crippen molar-refractivity contribution in [1.29, 1.82) is 0 Å². The molecule has 1 aliphatic heterocycles. The number of hydrogen-bond acceptors (Lipinski definition) is 4. The Kier molecular flexibility index (Phi) is 5.46. The van der Waals surface area contributed by atoms with Crippen LogP contribution in [-0.4, -0.2) is 60.0 Å². The first kappa shape index (κ1) is 16.2. The Balaban J connectivity index is 1.80. The molecule has 1 saturated carbocycles. The van der Waals surface area contributed by atoms with Gasteiger partial charge in [0.1, 0.15) is 0 Å². The lowest BCUT2D eigenvalue weighted by Crippen LogP contribution is -2.54. The largest absolute Gasteiger partial charge is 0.394 e. The normalized spacial score (nSPS) is 26.4. The number of nitrogens with one attached hydrogen (secondary N) is 1. The standard InChI is InChI=1S/C16H32N2O2/c1-4-16(12-19,17-14-6-7-14)8-5-9-18-10-11-20-13-15(18,2)3/h14,17,19H,4-13H2,1-3H3. The van der Waals surface area contributed by atoms with Gasteiger partial charge in [-0.1, -0.05) is 6.92 Å². The van der Waals surface area contributed by atoms with E-state index in [-0.39, 0.29) is 17.7 Å². The molecule has 0 spiro atoms. The van der Waals surface area contributed by atoms with E-state index in [4.69, 9.17) is 4.74 Å². The molecule has 0 amide bonds. The van der Waals surface area contributed by atoms with Gasteiger partial charge in [0.05, 0.1) is 19.8 Å². The fraction of sp³-hybridized carbons (Fsp3) is 1.00. The Morgan fingerprint density at radius 1 is 1.40 bits per heavy atom. The van der Waals surface area contributed by atoms with E-state index < -0.39 is 0 Å². The second-order valence-corrected chi connectivity index (χ2v) is 7.17. The molecule has 1 heterocycles. The summed E-state index contributed by atoms with van der Waals surface area (Å²) in [6, 6.07) is 0.655. The molecular weight excluding hydrogens is 252 g/mol. The molecule has 4 heteroatoms. The highest BCUT2D eigenvalue weighted by atomic mass is 16.5. The van der Waals surface area contributed by atoms with Gasteiger partial charge in [-0.25, -0.2) is 0 Å². The van der Waals surface area contributed by atoms with Crippen molar-refractivity contribution in [3.63, 3.8) is 0 Å². The van der Waals surface area contributed by atoms with Crippen molar-refractivity contribution in [2.24, 2.45) is 0 Å². The molecule has 0 aromatic heterocycles. The molecule has 1 unspecified atom stereocenters. The van der Waals surface area contributed by atoms with E-state index in [1.165, 1.54) is 12.8 Å². The zero-order chi connectivity index (χ0) is 14.6. The SMILES string of the molecule is CCC(CO)(CCCN1CCOCC1(C)C)NC1CC1. The van der Waals surface area contributed by atoms with Crippen LogP contribution in [0.15, 0.2) is 0 Å². The molecule has 1 saturated heterocycles. The van der Waals surface area contributed by atoms with Gasteiger partial charge in [0.15, 0.2) is 0 Å². The van der Waals surface area contributed by atoms with Crippen LogP contribution in [0.4, 0.5) is 0 Å². The smallest absolute Gasteiger partial charge is 0.0645 e. The Hall–Kier alpha value is -0.160. The average Bonchev–Trinajstić information content (AvgIpc) is 3.23. The highest BCUT2D eigenvalue weighted by molar-refractivity contribution is 4.95. The van der Waals surface area contributed by atoms with Crippen molar-refractivity contribution >= 4 is 0 Å². The molecule has 2 rings (SSSR count). The number of rotatable bonds is 8. The fourth-order valence-corrected chi connectivity index (χ4v) is 3.16. The second-order valence-electron chi connectivity index (χ2n) is 7.17. The lowest BCUT2D eigenvalue weighted by atomic mass is 9.90. The molecule has 4 nitrogen and oxygen atoms in total. The van der Waals surface area contributed by atoms with E-state index in [1.807, 2.05) is 0 Å². The lowest BCUT2D eigenvalue weighted by Gasteiger charge is -2.43. The quantitative estimate of drug-likeness (QED) is 0.713. The predicted octanol–water partition coefficient (Wildman–Crippen LogP) is 1.77. The van der Waals surface area contributed by atoms with Crippen LogP contribution in [0.3, 0.4) is 0 Å². The van der Waals surface area contributed by atoms with Crippen LogP contribution < -0.4 is 5.32 Å². The van der Waals surface area contributed by atoms with E-state index in [2.05, 4.69) is 31.0 Å². The molecule has 20 heavy (non-hydrogen) atoms. The molecule has 0 bridgehead atoms. The van der Waals surface area contributed by atoms with Crippen LogP contribution in [0.1, 0.15) is 52.9 Å². The first-order chi connectivity index (χ1) is 9.51. The molecule has 0 aromatic carbocycles. The Bertz CT molecular complexity index is 299. The summed E-state index contributed by atoms with van der Waals surface area (Å²) in [5.41, 5.74) is 0.0911. The van der Waals surface area contributed by atoms with Crippen molar-refractivity contribution in [3.8, 4) is 0 Å². The van der Waals surface area contributed by atoms with E-state index in [1.54, 1.807) is 0 Å². The van der Waals surface area contributed by atoms with Crippen molar-refractivity contribution in [3.05, 3.63) is 0 Å². The van der Waals surface area contributed by atoms with Crippen LogP contribution in [0.2, 0.25) is 0 Å². The topological polar surface area (TPSA) is 44.7 Å². The summed E-state index contributed by atoms with van der Waals surface area (Å²) in [5, 5.41) is 13.5. The van der Waals surface area contributed by atoms with E-state index in [0.717, 1.165) is 45.6 Å². The number of nitrogens with zero attached hydrogens (tertiary/aromatic N) is 1. The first-order valence-corrected chi connectivity index (χ1v) is 8.23. The Morgan fingerprint density at radius 3 is 2.70 bits per heavy atom. The van der Waals surface area contributed by atoms with E-state index >= 15 is 0 Å². The summed E-state index contributed by atoms with van der Waals surface area (Å²) >= 11 is 0. The number of morpholine rings is 1. The van der Waals surface area contributed by atoms with Gasteiger partial charge in [-0.3, -0.25) is 4.90 Å².